The number of rotatable bonds is 4. The Kier molecular flexibility index (Phi) is 3.39. The van der Waals surface area contributed by atoms with Crippen LogP contribution in [0.1, 0.15) is 15.9 Å². The van der Waals surface area contributed by atoms with Gasteiger partial charge in [0.05, 0.1) is 12.8 Å². The number of ether oxygens (including phenoxy) is 1. The van der Waals surface area contributed by atoms with Crippen molar-refractivity contribution >= 4 is 28.7 Å². The average Bonchev–Trinajstić information content (AvgIpc) is 3.26. The van der Waals surface area contributed by atoms with Gasteiger partial charge < -0.3 is 14.3 Å². The summed E-state index contributed by atoms with van der Waals surface area (Å²) < 4.78 is 11.1. The predicted molar refractivity (Wildman–Crippen MR) is 91.0 cm³/mol. The third-order valence-electron chi connectivity index (χ3n) is 3.85. The molecule has 1 aliphatic heterocycles. The Morgan fingerprint density at radius 1 is 1.17 bits per heavy atom. The number of carboxylic acids is 1. The quantitative estimate of drug-likeness (QED) is 0.774. The van der Waals surface area contributed by atoms with Crippen LogP contribution < -0.4 is 4.74 Å². The minimum Gasteiger partial charge on any atom is -0.478 e. The lowest BCUT2D eigenvalue weighted by molar-refractivity contribution is 0.0694. The molecule has 0 saturated carbocycles. The van der Waals surface area contributed by atoms with Gasteiger partial charge in [0.1, 0.15) is 22.6 Å². The lowest BCUT2D eigenvalue weighted by Crippen LogP contribution is -2.01. The van der Waals surface area contributed by atoms with Crippen molar-refractivity contribution in [3.8, 4) is 11.5 Å². The summed E-state index contributed by atoms with van der Waals surface area (Å²) in [4.78, 5) is 15.7. The molecule has 5 heteroatoms. The molecule has 118 valence electrons. The monoisotopic (exact) mass is 319 g/mol. The number of benzene rings is 2. The van der Waals surface area contributed by atoms with Gasteiger partial charge in [-0.2, -0.15) is 0 Å². The molecule has 0 bridgehead atoms. The van der Waals surface area contributed by atoms with Crippen LogP contribution in [0.3, 0.4) is 0 Å². The first-order valence-electron chi connectivity index (χ1n) is 7.43. The maximum atomic E-state index is 11.6. The van der Waals surface area contributed by atoms with Gasteiger partial charge >= 0.3 is 5.97 Å². The fourth-order valence-corrected chi connectivity index (χ4v) is 2.64. The molecule has 0 radical (unpaired) electrons. The first-order valence-corrected chi connectivity index (χ1v) is 7.43. The van der Waals surface area contributed by atoms with Gasteiger partial charge in [-0.05, 0) is 41.5 Å². The Labute approximate surface area is 137 Å². The number of aliphatic imine (C=N–C) groups is 1. The van der Waals surface area contributed by atoms with Gasteiger partial charge in [-0.15, -0.1) is 0 Å². The van der Waals surface area contributed by atoms with Crippen LogP contribution in [-0.2, 0) is 0 Å². The van der Waals surface area contributed by atoms with Gasteiger partial charge in [0, 0.05) is 17.7 Å². The second kappa shape index (κ2) is 5.70. The molecule has 5 nitrogen and oxygen atoms in total. The molecule has 1 aromatic heterocycles. The maximum absolute atomic E-state index is 11.6. The normalized spacial score (nSPS) is 13.2. The largest absolute Gasteiger partial charge is 0.478 e. The maximum Gasteiger partial charge on any atom is 0.339 e. The SMILES string of the molecule is O=C(O)c1cc(C2=CCN=C2)ccc1Oc1ccc2ccoc2c1. The second-order valence-electron chi connectivity index (χ2n) is 5.39. The Hall–Kier alpha value is -3.34. The fraction of sp³-hybridized carbons (Fsp3) is 0.0526. The molecule has 1 aliphatic rings. The van der Waals surface area contributed by atoms with Crippen LogP contribution in [-0.4, -0.2) is 23.8 Å². The molecule has 0 amide bonds. The van der Waals surface area contributed by atoms with Crippen molar-refractivity contribution in [3.63, 3.8) is 0 Å². The zero-order valence-corrected chi connectivity index (χ0v) is 12.6. The molecule has 0 aliphatic carbocycles. The summed E-state index contributed by atoms with van der Waals surface area (Å²) in [5, 5.41) is 10.5. The van der Waals surface area contributed by atoms with Crippen LogP contribution >= 0.6 is 0 Å². The average molecular weight is 319 g/mol. The van der Waals surface area contributed by atoms with Crippen LogP contribution in [0.15, 0.2) is 64.2 Å². The van der Waals surface area contributed by atoms with E-state index in [1.54, 1.807) is 36.7 Å². The van der Waals surface area contributed by atoms with E-state index >= 15 is 0 Å². The van der Waals surface area contributed by atoms with Crippen molar-refractivity contribution in [2.45, 2.75) is 0 Å². The summed E-state index contributed by atoms with van der Waals surface area (Å²) in [6, 6.07) is 12.3. The second-order valence-corrected chi connectivity index (χ2v) is 5.39. The molecule has 0 unspecified atom stereocenters. The number of allylic oxidation sites excluding steroid dienone is 1. The number of furan rings is 1. The predicted octanol–water partition coefficient (Wildman–Crippen LogP) is 4.39. The molecule has 0 saturated heterocycles. The minimum absolute atomic E-state index is 0.105. The molecule has 3 aromatic rings. The summed E-state index contributed by atoms with van der Waals surface area (Å²) in [6.07, 6.45) is 5.29. The fourth-order valence-electron chi connectivity index (χ4n) is 2.64. The van der Waals surface area contributed by atoms with E-state index in [2.05, 4.69) is 4.99 Å². The third kappa shape index (κ3) is 2.56. The van der Waals surface area contributed by atoms with Gasteiger partial charge in [-0.1, -0.05) is 12.1 Å². The van der Waals surface area contributed by atoms with E-state index in [0.29, 0.717) is 17.9 Å². The molecule has 0 atom stereocenters. The topological polar surface area (TPSA) is 72.0 Å². The van der Waals surface area contributed by atoms with E-state index < -0.39 is 5.97 Å². The highest BCUT2D eigenvalue weighted by atomic mass is 16.5. The summed E-state index contributed by atoms with van der Waals surface area (Å²) in [6.45, 7) is 0.624. The first kappa shape index (κ1) is 14.3. The van der Waals surface area contributed by atoms with Crippen LogP contribution in [0.5, 0.6) is 11.5 Å². The zero-order chi connectivity index (χ0) is 16.5. The summed E-state index contributed by atoms with van der Waals surface area (Å²) >= 11 is 0. The Bertz CT molecular complexity index is 998. The van der Waals surface area contributed by atoms with Crippen molar-refractivity contribution < 1.29 is 19.1 Å². The number of carbonyl (C=O) groups is 1. The summed E-state index contributed by atoms with van der Waals surface area (Å²) in [5.74, 6) is -0.233. The molecular formula is C19H13NO4. The molecule has 24 heavy (non-hydrogen) atoms. The zero-order valence-electron chi connectivity index (χ0n) is 12.6. The van der Waals surface area contributed by atoms with Crippen molar-refractivity contribution in [1.29, 1.82) is 0 Å². The van der Waals surface area contributed by atoms with Crippen LogP contribution in [0.25, 0.3) is 16.5 Å². The number of aromatic carboxylic acids is 1. The molecular weight excluding hydrogens is 306 g/mol. The molecule has 1 N–H and O–H groups in total. The molecule has 0 fully saturated rings. The van der Waals surface area contributed by atoms with Gasteiger partial charge in [-0.25, -0.2) is 4.79 Å². The van der Waals surface area contributed by atoms with E-state index in [4.69, 9.17) is 9.15 Å². The lowest BCUT2D eigenvalue weighted by atomic mass is 10.0. The molecule has 0 spiro atoms. The first-order chi connectivity index (χ1) is 11.7. The van der Waals surface area contributed by atoms with E-state index in [1.165, 1.54) is 0 Å². The highest BCUT2D eigenvalue weighted by Gasteiger charge is 2.15. The molecule has 2 heterocycles. The van der Waals surface area contributed by atoms with E-state index in [9.17, 15) is 9.90 Å². The molecule has 2 aromatic carbocycles. The van der Waals surface area contributed by atoms with E-state index in [-0.39, 0.29) is 11.3 Å². The minimum atomic E-state index is -1.04. The van der Waals surface area contributed by atoms with E-state index in [1.807, 2.05) is 24.3 Å². The van der Waals surface area contributed by atoms with E-state index in [0.717, 1.165) is 16.5 Å². The number of hydrogen-bond acceptors (Lipinski definition) is 4. The van der Waals surface area contributed by atoms with Crippen LogP contribution in [0, 0.1) is 0 Å². The van der Waals surface area contributed by atoms with Gasteiger partial charge in [0.15, 0.2) is 0 Å². The number of carboxylic acid groups (broad SMARTS) is 1. The summed E-state index contributed by atoms with van der Waals surface area (Å²) in [5.41, 5.74) is 2.52. The Morgan fingerprint density at radius 2 is 2.08 bits per heavy atom. The van der Waals surface area contributed by atoms with Crippen molar-refractivity contribution in [2.75, 3.05) is 6.54 Å². The lowest BCUT2D eigenvalue weighted by Gasteiger charge is -2.10. The number of nitrogens with zero attached hydrogens (tertiary/aromatic N) is 1. The Morgan fingerprint density at radius 3 is 2.88 bits per heavy atom. The highest BCUT2D eigenvalue weighted by Crippen LogP contribution is 2.30. The highest BCUT2D eigenvalue weighted by molar-refractivity contribution is 6.12. The van der Waals surface area contributed by atoms with Gasteiger partial charge in [0.25, 0.3) is 0 Å². The Balaban J connectivity index is 1.71. The smallest absolute Gasteiger partial charge is 0.339 e. The van der Waals surface area contributed by atoms with Crippen molar-refractivity contribution in [3.05, 3.63) is 65.9 Å². The van der Waals surface area contributed by atoms with Crippen LogP contribution in [0.2, 0.25) is 0 Å². The van der Waals surface area contributed by atoms with Crippen molar-refractivity contribution in [1.82, 2.24) is 0 Å². The number of fused-ring (bicyclic) bond motifs is 1. The van der Waals surface area contributed by atoms with Gasteiger partial charge in [0.2, 0.25) is 0 Å². The third-order valence-corrected chi connectivity index (χ3v) is 3.85. The van der Waals surface area contributed by atoms with Gasteiger partial charge in [-0.3, -0.25) is 4.99 Å². The molecule has 4 rings (SSSR count). The standard InChI is InChI=1S/C19H13NO4/c21-19(22)16-9-13(14-5-7-20-11-14)2-4-17(16)24-15-3-1-12-6-8-23-18(12)10-15/h1-6,8-11H,7H2,(H,21,22). The van der Waals surface area contributed by atoms with Crippen LogP contribution in [0.4, 0.5) is 0 Å². The number of hydrogen-bond donors (Lipinski definition) is 1. The van der Waals surface area contributed by atoms with Crippen molar-refractivity contribution in [2.24, 2.45) is 4.99 Å². The summed E-state index contributed by atoms with van der Waals surface area (Å²) in [7, 11) is 0.